The first-order chi connectivity index (χ1) is 11.7. The van der Waals surface area contributed by atoms with Gasteiger partial charge in [-0.25, -0.2) is 4.98 Å². The lowest BCUT2D eigenvalue weighted by Crippen LogP contribution is -2.49. The van der Waals surface area contributed by atoms with Gasteiger partial charge in [0.05, 0.1) is 6.20 Å². The van der Waals surface area contributed by atoms with Gasteiger partial charge in [-0.1, -0.05) is 18.2 Å². The van der Waals surface area contributed by atoms with Crippen molar-refractivity contribution in [2.75, 3.05) is 44.2 Å². The summed E-state index contributed by atoms with van der Waals surface area (Å²) >= 11 is 0. The molecule has 0 aliphatic carbocycles. The van der Waals surface area contributed by atoms with Gasteiger partial charge in [-0.2, -0.15) is 0 Å². The summed E-state index contributed by atoms with van der Waals surface area (Å²) in [6, 6.07) is 7.87. The van der Waals surface area contributed by atoms with Crippen LogP contribution in [0.15, 0.2) is 42.9 Å². The zero-order valence-electron chi connectivity index (χ0n) is 14.0. The van der Waals surface area contributed by atoms with Gasteiger partial charge in [0, 0.05) is 45.1 Å². The van der Waals surface area contributed by atoms with Gasteiger partial charge < -0.3 is 14.7 Å². The van der Waals surface area contributed by atoms with E-state index in [0.717, 1.165) is 43.3 Å². The summed E-state index contributed by atoms with van der Waals surface area (Å²) in [4.78, 5) is 12.9. The van der Waals surface area contributed by atoms with Gasteiger partial charge in [0.2, 0.25) is 0 Å². The number of anilines is 1. The maximum atomic E-state index is 10.2. The number of aryl methyl sites for hydroxylation is 1. The Hall–Kier alpha value is -2.18. The molecule has 3 rings (SSSR count). The second kappa shape index (κ2) is 8.08. The largest absolute Gasteiger partial charge is 0.491 e. The van der Waals surface area contributed by atoms with Gasteiger partial charge in [0.25, 0.3) is 0 Å². The summed E-state index contributed by atoms with van der Waals surface area (Å²) < 4.78 is 5.73. The fourth-order valence-electron chi connectivity index (χ4n) is 2.87. The summed E-state index contributed by atoms with van der Waals surface area (Å²) in [5.74, 6) is 1.75. The lowest BCUT2D eigenvalue weighted by molar-refractivity contribution is 0.0660. The van der Waals surface area contributed by atoms with E-state index in [1.54, 1.807) is 18.6 Å². The number of hydrogen-bond donors (Lipinski definition) is 1. The molecule has 6 nitrogen and oxygen atoms in total. The smallest absolute Gasteiger partial charge is 0.147 e. The van der Waals surface area contributed by atoms with E-state index in [9.17, 15) is 5.11 Å². The SMILES string of the molecule is Cc1ccccc1OCC(O)CN1CCN(c2cnccn2)CC1. The normalized spacial score (nSPS) is 16.8. The number of hydrogen-bond acceptors (Lipinski definition) is 6. The van der Waals surface area contributed by atoms with Crippen LogP contribution < -0.4 is 9.64 Å². The van der Waals surface area contributed by atoms with Crippen LogP contribution in [0.4, 0.5) is 5.82 Å². The second-order valence-electron chi connectivity index (χ2n) is 6.08. The van der Waals surface area contributed by atoms with Gasteiger partial charge in [0.15, 0.2) is 0 Å². The van der Waals surface area contributed by atoms with Crippen molar-refractivity contribution in [1.82, 2.24) is 14.9 Å². The van der Waals surface area contributed by atoms with Gasteiger partial charge in [-0.3, -0.25) is 9.88 Å². The van der Waals surface area contributed by atoms with Crippen molar-refractivity contribution in [3.63, 3.8) is 0 Å². The van der Waals surface area contributed by atoms with Crippen LogP contribution in [0.25, 0.3) is 0 Å². The summed E-state index contributed by atoms with van der Waals surface area (Å²) in [6.07, 6.45) is 4.70. The van der Waals surface area contributed by atoms with Crippen LogP contribution in [0.1, 0.15) is 5.56 Å². The van der Waals surface area contributed by atoms with E-state index in [4.69, 9.17) is 4.74 Å². The molecule has 1 atom stereocenters. The first kappa shape index (κ1) is 16.7. The van der Waals surface area contributed by atoms with E-state index >= 15 is 0 Å². The summed E-state index contributed by atoms with van der Waals surface area (Å²) in [7, 11) is 0. The molecule has 1 saturated heterocycles. The van der Waals surface area contributed by atoms with Crippen molar-refractivity contribution in [2.24, 2.45) is 0 Å². The molecule has 1 aliphatic rings. The fourth-order valence-corrected chi connectivity index (χ4v) is 2.87. The first-order valence-corrected chi connectivity index (χ1v) is 8.32. The number of para-hydroxylation sites is 1. The Kier molecular flexibility index (Phi) is 5.61. The van der Waals surface area contributed by atoms with Crippen LogP contribution in [-0.4, -0.2) is 65.4 Å². The van der Waals surface area contributed by atoms with E-state index in [1.807, 2.05) is 31.2 Å². The van der Waals surface area contributed by atoms with Crippen LogP contribution >= 0.6 is 0 Å². The Labute approximate surface area is 142 Å². The topological polar surface area (TPSA) is 61.7 Å². The maximum absolute atomic E-state index is 10.2. The van der Waals surface area contributed by atoms with Gasteiger partial charge in [-0.15, -0.1) is 0 Å². The molecular weight excluding hydrogens is 304 g/mol. The number of rotatable bonds is 6. The molecule has 24 heavy (non-hydrogen) atoms. The second-order valence-corrected chi connectivity index (χ2v) is 6.08. The highest BCUT2D eigenvalue weighted by Gasteiger charge is 2.20. The number of ether oxygens (including phenoxy) is 1. The molecule has 1 aromatic heterocycles. The van der Waals surface area contributed by atoms with Crippen molar-refractivity contribution in [3.05, 3.63) is 48.4 Å². The molecule has 6 heteroatoms. The number of piperazine rings is 1. The highest BCUT2D eigenvalue weighted by atomic mass is 16.5. The van der Waals surface area contributed by atoms with Crippen LogP contribution in [0.5, 0.6) is 5.75 Å². The number of nitrogens with zero attached hydrogens (tertiary/aromatic N) is 4. The maximum Gasteiger partial charge on any atom is 0.147 e. The molecule has 0 radical (unpaired) electrons. The Morgan fingerprint density at radius 3 is 2.67 bits per heavy atom. The number of aliphatic hydroxyl groups is 1. The quantitative estimate of drug-likeness (QED) is 0.864. The lowest BCUT2D eigenvalue weighted by atomic mass is 10.2. The van der Waals surface area contributed by atoms with E-state index in [2.05, 4.69) is 19.8 Å². The molecule has 0 bridgehead atoms. The molecule has 1 unspecified atom stereocenters. The standard InChI is InChI=1S/C18H24N4O2/c1-15-4-2-3-5-17(15)24-14-16(23)13-21-8-10-22(11-9-21)18-12-19-6-7-20-18/h2-7,12,16,23H,8-11,13-14H2,1H3. The molecule has 0 amide bonds. The van der Waals surface area contributed by atoms with Crippen molar-refractivity contribution in [3.8, 4) is 5.75 Å². The third kappa shape index (κ3) is 4.43. The van der Waals surface area contributed by atoms with Gasteiger partial charge in [0.1, 0.15) is 24.3 Å². The minimum atomic E-state index is -0.493. The summed E-state index contributed by atoms with van der Waals surface area (Å²) in [5.41, 5.74) is 1.09. The van der Waals surface area contributed by atoms with Gasteiger partial charge >= 0.3 is 0 Å². The van der Waals surface area contributed by atoms with Crippen LogP contribution in [0.2, 0.25) is 0 Å². The van der Waals surface area contributed by atoms with Crippen LogP contribution in [-0.2, 0) is 0 Å². The number of aliphatic hydroxyl groups excluding tert-OH is 1. The van der Waals surface area contributed by atoms with E-state index in [0.29, 0.717) is 13.2 Å². The molecule has 128 valence electrons. The number of β-amino-alcohol motifs (C(OH)–C–C–N with tert-alkyl or cyclic N) is 1. The minimum absolute atomic E-state index is 0.315. The lowest BCUT2D eigenvalue weighted by Gasteiger charge is -2.36. The zero-order chi connectivity index (χ0) is 16.8. The molecule has 1 aromatic carbocycles. The molecule has 2 heterocycles. The average molecular weight is 328 g/mol. The Balaban J connectivity index is 1.42. The van der Waals surface area contributed by atoms with Crippen LogP contribution in [0, 0.1) is 6.92 Å². The monoisotopic (exact) mass is 328 g/mol. The average Bonchev–Trinajstić information content (AvgIpc) is 2.62. The minimum Gasteiger partial charge on any atom is -0.491 e. The van der Waals surface area contributed by atoms with Crippen molar-refractivity contribution in [2.45, 2.75) is 13.0 Å². The zero-order valence-corrected chi connectivity index (χ0v) is 14.0. The van der Waals surface area contributed by atoms with Crippen LogP contribution in [0.3, 0.4) is 0 Å². The van der Waals surface area contributed by atoms with Gasteiger partial charge in [-0.05, 0) is 18.6 Å². The van der Waals surface area contributed by atoms with Crippen molar-refractivity contribution in [1.29, 1.82) is 0 Å². The van der Waals surface area contributed by atoms with Crippen molar-refractivity contribution < 1.29 is 9.84 Å². The van der Waals surface area contributed by atoms with Crippen molar-refractivity contribution >= 4 is 5.82 Å². The highest BCUT2D eigenvalue weighted by Crippen LogP contribution is 2.16. The molecule has 1 fully saturated rings. The third-order valence-corrected chi connectivity index (χ3v) is 4.24. The number of aromatic nitrogens is 2. The summed E-state index contributed by atoms with van der Waals surface area (Å²) in [5, 5.41) is 10.2. The summed E-state index contributed by atoms with van der Waals surface area (Å²) in [6.45, 7) is 6.53. The van der Waals surface area contributed by atoms with E-state index < -0.39 is 6.10 Å². The predicted molar refractivity (Wildman–Crippen MR) is 93.4 cm³/mol. The highest BCUT2D eigenvalue weighted by molar-refractivity contribution is 5.35. The molecular formula is C18H24N4O2. The Morgan fingerprint density at radius 1 is 1.17 bits per heavy atom. The molecule has 0 spiro atoms. The van der Waals surface area contributed by atoms with E-state index in [1.165, 1.54) is 0 Å². The molecule has 1 aliphatic heterocycles. The predicted octanol–water partition coefficient (Wildman–Crippen LogP) is 1.35. The Morgan fingerprint density at radius 2 is 1.96 bits per heavy atom. The molecule has 0 saturated carbocycles. The fraction of sp³-hybridized carbons (Fsp3) is 0.444. The number of benzene rings is 1. The molecule has 1 N–H and O–H groups in total. The third-order valence-electron chi connectivity index (χ3n) is 4.24. The van der Waals surface area contributed by atoms with E-state index in [-0.39, 0.29) is 0 Å². The molecule has 2 aromatic rings. The first-order valence-electron chi connectivity index (χ1n) is 8.32. The Bertz CT molecular complexity index is 630.